The smallest absolute Gasteiger partial charge is 0.191 e. The van der Waals surface area contributed by atoms with Crippen molar-refractivity contribution in [1.29, 1.82) is 0 Å². The number of rotatable bonds is 1. The van der Waals surface area contributed by atoms with E-state index in [4.69, 9.17) is 16.7 Å². The molecule has 1 fully saturated rings. The van der Waals surface area contributed by atoms with Gasteiger partial charge in [0.1, 0.15) is 5.69 Å². The monoisotopic (exact) mass is 276 g/mol. The fourth-order valence-corrected chi connectivity index (χ4v) is 2.27. The largest absolute Gasteiger partial charge is 0.409 e. The molecule has 5 N–H and O–H groups in total. The molecule has 0 aliphatic heterocycles. The topological polar surface area (TPSA) is 97.5 Å². The van der Waals surface area contributed by atoms with E-state index in [9.17, 15) is 4.39 Å². The van der Waals surface area contributed by atoms with Gasteiger partial charge in [-0.15, -0.1) is 0 Å². The average Bonchev–Trinajstić information content (AvgIpc) is 2.46. The van der Waals surface area contributed by atoms with Crippen LogP contribution in [0.2, 0.25) is 0 Å². The SMILES string of the molecule is NC(=NO)c1nccc(C#CC2(N)CCCCC2)c1F. The first-order chi connectivity index (χ1) is 9.56. The minimum atomic E-state index is -0.699. The van der Waals surface area contributed by atoms with Gasteiger partial charge in [0.15, 0.2) is 11.7 Å². The number of nitrogens with zero attached hydrogens (tertiary/aromatic N) is 2. The molecule has 0 amide bonds. The molecule has 0 spiro atoms. The highest BCUT2D eigenvalue weighted by molar-refractivity contribution is 5.95. The molecule has 0 unspecified atom stereocenters. The van der Waals surface area contributed by atoms with Crippen molar-refractivity contribution in [2.75, 3.05) is 0 Å². The third kappa shape index (κ3) is 3.06. The van der Waals surface area contributed by atoms with Gasteiger partial charge in [0.2, 0.25) is 0 Å². The zero-order valence-corrected chi connectivity index (χ0v) is 11.1. The Morgan fingerprint density at radius 2 is 2.10 bits per heavy atom. The number of pyridine rings is 1. The van der Waals surface area contributed by atoms with E-state index in [1.165, 1.54) is 12.3 Å². The van der Waals surface area contributed by atoms with Crippen LogP contribution in [-0.2, 0) is 0 Å². The third-order valence-electron chi connectivity index (χ3n) is 3.43. The van der Waals surface area contributed by atoms with E-state index in [-0.39, 0.29) is 17.1 Å². The van der Waals surface area contributed by atoms with Gasteiger partial charge in [-0.2, -0.15) is 0 Å². The van der Waals surface area contributed by atoms with E-state index in [2.05, 4.69) is 22.0 Å². The summed E-state index contributed by atoms with van der Waals surface area (Å²) in [5, 5.41) is 11.3. The van der Waals surface area contributed by atoms with E-state index < -0.39 is 11.4 Å². The summed E-state index contributed by atoms with van der Waals surface area (Å²) in [5.74, 6) is 4.63. The van der Waals surface area contributed by atoms with Crippen LogP contribution in [-0.4, -0.2) is 21.6 Å². The van der Waals surface area contributed by atoms with Crippen LogP contribution in [0.15, 0.2) is 17.4 Å². The fourth-order valence-electron chi connectivity index (χ4n) is 2.27. The lowest BCUT2D eigenvalue weighted by Gasteiger charge is -2.27. The van der Waals surface area contributed by atoms with Gasteiger partial charge in [-0.05, 0) is 18.9 Å². The first-order valence-corrected chi connectivity index (χ1v) is 6.50. The molecule has 2 rings (SSSR count). The van der Waals surface area contributed by atoms with E-state index in [1.54, 1.807) is 0 Å². The average molecular weight is 276 g/mol. The maximum Gasteiger partial charge on any atom is 0.191 e. The lowest BCUT2D eigenvalue weighted by Crippen LogP contribution is -2.40. The van der Waals surface area contributed by atoms with Crippen LogP contribution in [0, 0.1) is 17.7 Å². The Labute approximate surface area is 116 Å². The summed E-state index contributed by atoms with van der Waals surface area (Å²) in [6, 6.07) is 1.45. The van der Waals surface area contributed by atoms with Crippen LogP contribution in [0.25, 0.3) is 0 Å². The molecule has 20 heavy (non-hydrogen) atoms. The molecular weight excluding hydrogens is 259 g/mol. The van der Waals surface area contributed by atoms with Gasteiger partial charge in [-0.25, -0.2) is 9.37 Å². The third-order valence-corrected chi connectivity index (χ3v) is 3.43. The van der Waals surface area contributed by atoms with Gasteiger partial charge in [-0.1, -0.05) is 36.3 Å². The Kier molecular flexibility index (Phi) is 4.20. The van der Waals surface area contributed by atoms with Crippen molar-refractivity contribution in [3.8, 4) is 11.8 Å². The Morgan fingerprint density at radius 1 is 1.40 bits per heavy atom. The summed E-state index contributed by atoms with van der Waals surface area (Å²) >= 11 is 0. The summed E-state index contributed by atoms with van der Waals surface area (Å²) in [4.78, 5) is 3.73. The van der Waals surface area contributed by atoms with E-state index >= 15 is 0 Å². The second-order valence-corrected chi connectivity index (χ2v) is 4.97. The van der Waals surface area contributed by atoms with Crippen molar-refractivity contribution in [1.82, 2.24) is 4.98 Å². The number of amidine groups is 1. The lowest BCUT2D eigenvalue weighted by atomic mass is 9.83. The van der Waals surface area contributed by atoms with Crippen molar-refractivity contribution < 1.29 is 9.60 Å². The van der Waals surface area contributed by atoms with Crippen molar-refractivity contribution in [2.24, 2.45) is 16.6 Å². The maximum absolute atomic E-state index is 14.1. The summed E-state index contributed by atoms with van der Waals surface area (Å²) in [6.07, 6.45) is 6.25. The van der Waals surface area contributed by atoms with Crippen molar-refractivity contribution in [3.63, 3.8) is 0 Å². The molecule has 0 bridgehead atoms. The molecule has 0 atom stereocenters. The van der Waals surface area contributed by atoms with Crippen molar-refractivity contribution in [2.45, 2.75) is 37.6 Å². The molecule has 1 aliphatic rings. The predicted octanol–water partition coefficient (Wildman–Crippen LogP) is 1.33. The quantitative estimate of drug-likeness (QED) is 0.237. The molecule has 106 valence electrons. The zero-order chi connectivity index (χ0) is 14.6. The summed E-state index contributed by atoms with van der Waals surface area (Å²) in [5.41, 5.74) is 10.9. The van der Waals surface area contributed by atoms with Gasteiger partial charge >= 0.3 is 0 Å². The number of hydrogen-bond donors (Lipinski definition) is 3. The summed E-state index contributed by atoms with van der Waals surface area (Å²) < 4.78 is 14.1. The molecule has 1 aromatic rings. The number of halogens is 1. The van der Waals surface area contributed by atoms with Crippen molar-refractivity contribution >= 4 is 5.84 Å². The molecule has 6 heteroatoms. The van der Waals surface area contributed by atoms with E-state index in [0.717, 1.165) is 32.1 Å². The van der Waals surface area contributed by atoms with Gasteiger partial charge in [0.25, 0.3) is 0 Å². The molecule has 0 radical (unpaired) electrons. The summed E-state index contributed by atoms with van der Waals surface area (Å²) in [7, 11) is 0. The lowest BCUT2D eigenvalue weighted by molar-refractivity contribution is 0.318. The second-order valence-electron chi connectivity index (χ2n) is 4.97. The Hall–Kier alpha value is -2.13. The molecule has 5 nitrogen and oxygen atoms in total. The highest BCUT2D eigenvalue weighted by Gasteiger charge is 2.25. The van der Waals surface area contributed by atoms with Crippen LogP contribution in [0.5, 0.6) is 0 Å². The number of aromatic nitrogens is 1. The standard InChI is InChI=1S/C14H17FN4O/c15-11-10(5-9-18-12(11)13(16)19-20)4-8-14(17)6-2-1-3-7-14/h5,9,20H,1-3,6-7,17H2,(H2,16,19). The van der Waals surface area contributed by atoms with Crippen LogP contribution in [0.4, 0.5) is 4.39 Å². The highest BCUT2D eigenvalue weighted by atomic mass is 19.1. The van der Waals surface area contributed by atoms with Crippen LogP contribution in [0.3, 0.4) is 0 Å². The molecule has 0 saturated heterocycles. The normalized spacial score (nSPS) is 18.2. The molecule has 1 aromatic heterocycles. The summed E-state index contributed by atoms with van der Waals surface area (Å²) in [6.45, 7) is 0. The first-order valence-electron chi connectivity index (χ1n) is 6.50. The maximum atomic E-state index is 14.1. The molecule has 1 aliphatic carbocycles. The van der Waals surface area contributed by atoms with Crippen LogP contribution in [0.1, 0.15) is 43.4 Å². The Balaban J connectivity index is 2.31. The van der Waals surface area contributed by atoms with Crippen LogP contribution < -0.4 is 11.5 Å². The van der Waals surface area contributed by atoms with Gasteiger partial charge in [-0.3, -0.25) is 0 Å². The Morgan fingerprint density at radius 3 is 2.75 bits per heavy atom. The number of hydrogen-bond acceptors (Lipinski definition) is 4. The van der Waals surface area contributed by atoms with Gasteiger partial charge < -0.3 is 16.7 Å². The minimum absolute atomic E-state index is 0.150. The highest BCUT2D eigenvalue weighted by Crippen LogP contribution is 2.25. The fraction of sp³-hybridized carbons (Fsp3) is 0.429. The molecular formula is C14H17FN4O. The van der Waals surface area contributed by atoms with Gasteiger partial charge in [0.05, 0.1) is 11.1 Å². The first kappa shape index (κ1) is 14.3. The predicted molar refractivity (Wildman–Crippen MR) is 73.6 cm³/mol. The molecule has 0 aromatic carbocycles. The minimum Gasteiger partial charge on any atom is -0.409 e. The molecule has 1 heterocycles. The number of nitrogens with two attached hydrogens (primary N) is 2. The second kappa shape index (κ2) is 5.88. The van der Waals surface area contributed by atoms with Crippen LogP contribution >= 0.6 is 0 Å². The van der Waals surface area contributed by atoms with E-state index in [1.807, 2.05) is 0 Å². The van der Waals surface area contributed by atoms with E-state index in [0.29, 0.717) is 0 Å². The van der Waals surface area contributed by atoms with Crippen molar-refractivity contribution in [3.05, 3.63) is 29.3 Å². The Bertz CT molecular complexity index is 583. The zero-order valence-electron chi connectivity index (χ0n) is 11.1. The van der Waals surface area contributed by atoms with Gasteiger partial charge in [0, 0.05) is 6.20 Å². The molecule has 1 saturated carbocycles. The number of oxime groups is 1.